The lowest BCUT2D eigenvalue weighted by atomic mass is 10.1. The molecule has 21 heavy (non-hydrogen) atoms. The number of benzene rings is 1. The minimum absolute atomic E-state index is 0.00166. The number of aromatic nitrogens is 2. The molecule has 1 aliphatic rings. The number of halogens is 1. The van der Waals surface area contributed by atoms with Crippen LogP contribution >= 0.6 is 0 Å². The van der Waals surface area contributed by atoms with E-state index in [1.165, 1.54) is 30.7 Å². The van der Waals surface area contributed by atoms with Gasteiger partial charge in [0, 0.05) is 30.4 Å². The quantitative estimate of drug-likeness (QED) is 0.887. The topological polar surface area (TPSA) is 39.1 Å². The van der Waals surface area contributed by atoms with E-state index in [2.05, 4.69) is 14.9 Å². The fraction of sp³-hybridized carbons (Fsp3) is 0.438. The maximum Gasteiger partial charge on any atom is 0.123 e. The van der Waals surface area contributed by atoms with E-state index >= 15 is 0 Å². The van der Waals surface area contributed by atoms with Crippen molar-refractivity contribution in [2.45, 2.75) is 38.4 Å². The van der Waals surface area contributed by atoms with Crippen molar-refractivity contribution in [3.05, 3.63) is 47.8 Å². The van der Waals surface area contributed by atoms with E-state index in [-0.39, 0.29) is 11.9 Å². The molecule has 2 aromatic rings. The molecule has 1 heterocycles. The van der Waals surface area contributed by atoms with Crippen molar-refractivity contribution in [3.8, 4) is 5.75 Å². The first kappa shape index (κ1) is 14.1. The molecule has 1 N–H and O–H groups in total. The maximum absolute atomic E-state index is 13.4. The minimum atomic E-state index is -0.248. The highest BCUT2D eigenvalue weighted by Crippen LogP contribution is 2.35. The van der Waals surface area contributed by atoms with Crippen molar-refractivity contribution in [3.63, 3.8) is 0 Å². The summed E-state index contributed by atoms with van der Waals surface area (Å²) >= 11 is 0. The molecule has 1 unspecified atom stereocenters. The van der Waals surface area contributed by atoms with Crippen molar-refractivity contribution in [1.29, 1.82) is 0 Å². The molecule has 0 aliphatic heterocycles. The molecular weight excluding hydrogens is 269 g/mol. The van der Waals surface area contributed by atoms with Gasteiger partial charge in [-0.2, -0.15) is 0 Å². The summed E-state index contributed by atoms with van der Waals surface area (Å²) in [7, 11) is 1.60. The maximum atomic E-state index is 13.4. The third kappa shape index (κ3) is 3.08. The number of rotatable bonds is 6. The van der Waals surface area contributed by atoms with Crippen molar-refractivity contribution >= 4 is 0 Å². The Morgan fingerprint density at radius 3 is 3.00 bits per heavy atom. The second-order valence-electron chi connectivity index (χ2n) is 5.51. The van der Waals surface area contributed by atoms with Crippen LogP contribution in [0.3, 0.4) is 0 Å². The van der Waals surface area contributed by atoms with Crippen molar-refractivity contribution in [2.24, 2.45) is 0 Å². The van der Waals surface area contributed by atoms with Gasteiger partial charge in [0.2, 0.25) is 0 Å². The Balaban J connectivity index is 1.70. The molecule has 0 saturated heterocycles. The van der Waals surface area contributed by atoms with E-state index in [4.69, 9.17) is 4.74 Å². The summed E-state index contributed by atoms with van der Waals surface area (Å²) < 4.78 is 21.0. The number of imidazole rings is 1. The van der Waals surface area contributed by atoms with E-state index in [0.717, 1.165) is 5.56 Å². The predicted molar refractivity (Wildman–Crippen MR) is 78.7 cm³/mol. The van der Waals surface area contributed by atoms with Gasteiger partial charge in [-0.3, -0.25) is 0 Å². The Morgan fingerprint density at radius 2 is 2.29 bits per heavy atom. The molecule has 5 heteroatoms. The third-order valence-electron chi connectivity index (χ3n) is 3.93. The van der Waals surface area contributed by atoms with Crippen LogP contribution in [0.25, 0.3) is 0 Å². The van der Waals surface area contributed by atoms with Gasteiger partial charge in [0.15, 0.2) is 0 Å². The van der Waals surface area contributed by atoms with Gasteiger partial charge in [0.25, 0.3) is 0 Å². The third-order valence-corrected chi connectivity index (χ3v) is 3.93. The highest BCUT2D eigenvalue weighted by Gasteiger charge is 2.25. The summed E-state index contributed by atoms with van der Waals surface area (Å²) in [6.45, 7) is 2.71. The first-order chi connectivity index (χ1) is 10.2. The number of nitrogens with zero attached hydrogens (tertiary/aromatic N) is 2. The lowest BCUT2D eigenvalue weighted by Crippen LogP contribution is -2.20. The molecule has 4 nitrogen and oxygen atoms in total. The Bertz CT molecular complexity index is 622. The molecule has 1 fully saturated rings. The van der Waals surface area contributed by atoms with Crippen LogP contribution in [0.1, 0.15) is 43.1 Å². The molecule has 1 aliphatic carbocycles. The predicted octanol–water partition coefficient (Wildman–Crippen LogP) is 3.22. The molecular formula is C16H20FN3O. The molecule has 112 valence electrons. The molecule has 1 atom stereocenters. The summed E-state index contributed by atoms with van der Waals surface area (Å²) in [5.74, 6) is 0.453. The Labute approximate surface area is 124 Å². The molecule has 1 aromatic heterocycles. The zero-order valence-electron chi connectivity index (χ0n) is 12.3. The van der Waals surface area contributed by atoms with E-state index in [1.807, 2.05) is 19.4 Å². The molecule has 1 aromatic carbocycles. The fourth-order valence-electron chi connectivity index (χ4n) is 2.56. The van der Waals surface area contributed by atoms with Crippen LogP contribution in [-0.2, 0) is 6.54 Å². The second kappa shape index (κ2) is 5.85. The molecule has 3 rings (SSSR count). The molecule has 0 amide bonds. The van der Waals surface area contributed by atoms with Crippen molar-refractivity contribution in [2.75, 3.05) is 7.11 Å². The second-order valence-corrected chi connectivity index (χ2v) is 5.51. The van der Waals surface area contributed by atoms with E-state index in [1.54, 1.807) is 13.2 Å². The Morgan fingerprint density at radius 1 is 1.48 bits per heavy atom. The number of ether oxygens (including phenoxy) is 1. The summed E-state index contributed by atoms with van der Waals surface area (Å²) in [5.41, 5.74) is 2.00. The summed E-state index contributed by atoms with van der Waals surface area (Å²) in [4.78, 5) is 4.22. The largest absolute Gasteiger partial charge is 0.496 e. The highest BCUT2D eigenvalue weighted by molar-refractivity contribution is 5.36. The van der Waals surface area contributed by atoms with Crippen LogP contribution in [0.15, 0.2) is 30.7 Å². The minimum Gasteiger partial charge on any atom is -0.496 e. The number of hydrogen-bond acceptors (Lipinski definition) is 3. The van der Waals surface area contributed by atoms with Gasteiger partial charge < -0.3 is 14.6 Å². The number of methoxy groups -OCH3 is 1. The highest BCUT2D eigenvalue weighted by atomic mass is 19.1. The lowest BCUT2D eigenvalue weighted by Gasteiger charge is -2.18. The molecule has 0 bridgehead atoms. The summed E-state index contributed by atoms with van der Waals surface area (Å²) in [6, 6.07) is 5.21. The lowest BCUT2D eigenvalue weighted by molar-refractivity contribution is 0.399. The van der Waals surface area contributed by atoms with E-state index < -0.39 is 0 Å². The van der Waals surface area contributed by atoms with E-state index in [0.29, 0.717) is 18.3 Å². The van der Waals surface area contributed by atoms with Crippen molar-refractivity contribution in [1.82, 2.24) is 14.9 Å². The first-order valence-electron chi connectivity index (χ1n) is 7.26. The molecule has 0 radical (unpaired) electrons. The molecule has 0 spiro atoms. The Kier molecular flexibility index (Phi) is 3.92. The summed E-state index contributed by atoms with van der Waals surface area (Å²) in [6.07, 6.45) is 6.25. The fourth-order valence-corrected chi connectivity index (χ4v) is 2.56. The first-order valence-corrected chi connectivity index (χ1v) is 7.26. The SMILES string of the molecule is COc1ccc(F)cc1C(C)NCc1cncn1C1CC1. The van der Waals surface area contributed by atoms with Crippen LogP contribution in [0.2, 0.25) is 0 Å². The number of hydrogen-bond donors (Lipinski definition) is 1. The van der Waals surface area contributed by atoms with Gasteiger partial charge in [0.05, 0.1) is 19.1 Å². The summed E-state index contributed by atoms with van der Waals surface area (Å²) in [5, 5.41) is 3.42. The van der Waals surface area contributed by atoms with Crippen LogP contribution in [0, 0.1) is 5.82 Å². The number of nitrogens with one attached hydrogen (secondary N) is 1. The van der Waals surface area contributed by atoms with Crippen LogP contribution in [0.5, 0.6) is 5.75 Å². The Hall–Kier alpha value is -1.88. The van der Waals surface area contributed by atoms with E-state index in [9.17, 15) is 4.39 Å². The van der Waals surface area contributed by atoms with Crippen molar-refractivity contribution < 1.29 is 9.13 Å². The normalized spacial score (nSPS) is 16.0. The van der Waals surface area contributed by atoms with Gasteiger partial charge in [-0.05, 0) is 38.0 Å². The smallest absolute Gasteiger partial charge is 0.123 e. The van der Waals surface area contributed by atoms with Gasteiger partial charge >= 0.3 is 0 Å². The zero-order chi connectivity index (χ0) is 14.8. The zero-order valence-corrected chi connectivity index (χ0v) is 12.3. The average Bonchev–Trinajstić information content (AvgIpc) is 3.23. The van der Waals surface area contributed by atoms with Gasteiger partial charge in [-0.1, -0.05) is 0 Å². The van der Waals surface area contributed by atoms with Crippen LogP contribution in [-0.4, -0.2) is 16.7 Å². The molecule has 1 saturated carbocycles. The van der Waals surface area contributed by atoms with Gasteiger partial charge in [-0.15, -0.1) is 0 Å². The standard InChI is InChI=1S/C16H20FN3O/c1-11(15-7-12(17)3-6-16(15)21-2)19-9-14-8-18-10-20(14)13-4-5-13/h3,6-8,10-11,13,19H,4-5,9H2,1-2H3. The van der Waals surface area contributed by atoms with Crippen LogP contribution in [0.4, 0.5) is 4.39 Å². The average molecular weight is 289 g/mol. The monoisotopic (exact) mass is 289 g/mol. The van der Waals surface area contributed by atoms with Gasteiger partial charge in [0.1, 0.15) is 11.6 Å². The van der Waals surface area contributed by atoms with Crippen LogP contribution < -0.4 is 10.1 Å². The van der Waals surface area contributed by atoms with Gasteiger partial charge in [-0.25, -0.2) is 9.37 Å².